The Balaban J connectivity index is 1.69. The molecule has 17 heavy (non-hydrogen) atoms. The van der Waals surface area contributed by atoms with Gasteiger partial charge in [-0.15, -0.1) is 0 Å². The van der Waals surface area contributed by atoms with Crippen molar-refractivity contribution in [1.82, 2.24) is 19.7 Å². The Morgan fingerprint density at radius 2 is 2.18 bits per heavy atom. The normalized spacial score (nSPS) is 18.8. The molecule has 1 unspecified atom stereocenters. The zero-order valence-electron chi connectivity index (χ0n) is 9.17. The van der Waals surface area contributed by atoms with Gasteiger partial charge in [-0.1, -0.05) is 0 Å². The largest absolute Gasteiger partial charge is 0.351 e. The molecule has 0 radical (unpaired) electrons. The molecule has 0 bridgehead atoms. The second-order valence-electron chi connectivity index (χ2n) is 4.10. The summed E-state index contributed by atoms with van der Waals surface area (Å²) >= 11 is 3.32. The standard InChI is InChI=1S/C11H12BrN5/c12-8-6-13-11(14-7-8)16-9-2-4-17-10(5-9)1-3-15-17/h1,3,6-7,9H,2,4-5H2,(H,13,14,16). The van der Waals surface area contributed by atoms with Gasteiger partial charge in [0.15, 0.2) is 0 Å². The molecular formula is C11H12BrN5. The van der Waals surface area contributed by atoms with E-state index in [1.165, 1.54) is 5.69 Å². The minimum absolute atomic E-state index is 0.389. The van der Waals surface area contributed by atoms with Crippen molar-refractivity contribution in [3.63, 3.8) is 0 Å². The van der Waals surface area contributed by atoms with Gasteiger partial charge in [0.1, 0.15) is 0 Å². The lowest BCUT2D eigenvalue weighted by molar-refractivity contribution is 0.454. The fourth-order valence-corrected chi connectivity index (χ4v) is 2.26. The van der Waals surface area contributed by atoms with E-state index >= 15 is 0 Å². The summed E-state index contributed by atoms with van der Waals surface area (Å²) < 4.78 is 2.95. The molecule has 2 aromatic heterocycles. The lowest BCUT2D eigenvalue weighted by Crippen LogP contribution is -2.30. The number of hydrogen-bond donors (Lipinski definition) is 1. The van der Waals surface area contributed by atoms with E-state index in [4.69, 9.17) is 0 Å². The molecule has 1 atom stereocenters. The van der Waals surface area contributed by atoms with E-state index in [1.807, 2.05) is 6.20 Å². The molecule has 5 nitrogen and oxygen atoms in total. The molecule has 6 heteroatoms. The van der Waals surface area contributed by atoms with Gasteiger partial charge in [-0.25, -0.2) is 9.97 Å². The van der Waals surface area contributed by atoms with Crippen molar-refractivity contribution in [2.75, 3.05) is 5.32 Å². The van der Waals surface area contributed by atoms with Crippen LogP contribution in [0.15, 0.2) is 29.1 Å². The van der Waals surface area contributed by atoms with E-state index in [0.717, 1.165) is 23.9 Å². The van der Waals surface area contributed by atoms with Crippen LogP contribution < -0.4 is 5.32 Å². The van der Waals surface area contributed by atoms with Gasteiger partial charge in [0.25, 0.3) is 0 Å². The first kappa shape index (κ1) is 10.7. The van der Waals surface area contributed by atoms with Crippen LogP contribution in [0.3, 0.4) is 0 Å². The summed E-state index contributed by atoms with van der Waals surface area (Å²) in [5, 5.41) is 7.62. The molecular weight excluding hydrogens is 282 g/mol. The van der Waals surface area contributed by atoms with E-state index in [-0.39, 0.29) is 0 Å². The van der Waals surface area contributed by atoms with Gasteiger partial charge in [0.2, 0.25) is 5.95 Å². The van der Waals surface area contributed by atoms with Crippen molar-refractivity contribution in [2.24, 2.45) is 0 Å². The summed E-state index contributed by atoms with van der Waals surface area (Å²) in [7, 11) is 0. The van der Waals surface area contributed by atoms with Gasteiger partial charge in [-0.3, -0.25) is 4.68 Å². The van der Waals surface area contributed by atoms with Crippen LogP contribution in [-0.2, 0) is 13.0 Å². The van der Waals surface area contributed by atoms with E-state index in [0.29, 0.717) is 12.0 Å². The average Bonchev–Trinajstić information content (AvgIpc) is 2.79. The second-order valence-corrected chi connectivity index (χ2v) is 5.02. The summed E-state index contributed by atoms with van der Waals surface area (Å²) in [6.45, 7) is 0.955. The van der Waals surface area contributed by atoms with Crippen LogP contribution in [0.5, 0.6) is 0 Å². The summed E-state index contributed by atoms with van der Waals surface area (Å²) in [5.41, 5.74) is 1.27. The molecule has 1 aliphatic heterocycles. The van der Waals surface area contributed by atoms with E-state index < -0.39 is 0 Å². The monoisotopic (exact) mass is 293 g/mol. The van der Waals surface area contributed by atoms with Gasteiger partial charge in [-0.2, -0.15) is 5.10 Å². The first-order valence-corrected chi connectivity index (χ1v) is 6.35. The minimum Gasteiger partial charge on any atom is -0.351 e. The maximum Gasteiger partial charge on any atom is 0.222 e. The van der Waals surface area contributed by atoms with E-state index in [9.17, 15) is 0 Å². The summed E-state index contributed by atoms with van der Waals surface area (Å²) in [6.07, 6.45) is 7.38. The highest BCUT2D eigenvalue weighted by atomic mass is 79.9. The molecule has 3 heterocycles. The Kier molecular flexibility index (Phi) is 2.80. The summed E-state index contributed by atoms with van der Waals surface area (Å²) in [5.74, 6) is 0.686. The van der Waals surface area contributed by atoms with Crippen molar-refractivity contribution in [3.05, 3.63) is 34.8 Å². The Hall–Kier alpha value is -1.43. The molecule has 0 aromatic carbocycles. The van der Waals surface area contributed by atoms with E-state index in [1.54, 1.807) is 12.4 Å². The minimum atomic E-state index is 0.389. The fraction of sp³-hybridized carbons (Fsp3) is 0.364. The Morgan fingerprint density at radius 3 is 3.00 bits per heavy atom. The van der Waals surface area contributed by atoms with Gasteiger partial charge in [-0.05, 0) is 28.4 Å². The molecule has 0 spiro atoms. The highest BCUT2D eigenvalue weighted by molar-refractivity contribution is 9.10. The number of nitrogens with one attached hydrogen (secondary N) is 1. The lowest BCUT2D eigenvalue weighted by Gasteiger charge is -2.24. The highest BCUT2D eigenvalue weighted by Crippen LogP contribution is 2.17. The predicted molar refractivity (Wildman–Crippen MR) is 67.7 cm³/mol. The molecule has 0 saturated carbocycles. The Labute approximate surface area is 107 Å². The first-order valence-electron chi connectivity index (χ1n) is 5.56. The maximum absolute atomic E-state index is 4.26. The molecule has 0 amide bonds. The van der Waals surface area contributed by atoms with Crippen LogP contribution in [0.1, 0.15) is 12.1 Å². The molecule has 88 valence electrons. The third-order valence-electron chi connectivity index (χ3n) is 2.90. The predicted octanol–water partition coefficient (Wildman–Crippen LogP) is 1.86. The number of anilines is 1. The van der Waals surface area contributed by atoms with Crippen molar-refractivity contribution in [2.45, 2.75) is 25.4 Å². The number of hydrogen-bond acceptors (Lipinski definition) is 4. The first-order chi connectivity index (χ1) is 8.31. The zero-order valence-corrected chi connectivity index (χ0v) is 10.8. The van der Waals surface area contributed by atoms with Gasteiger partial charge < -0.3 is 5.32 Å². The van der Waals surface area contributed by atoms with Crippen molar-refractivity contribution < 1.29 is 0 Å². The average molecular weight is 294 g/mol. The number of aryl methyl sites for hydroxylation is 1. The SMILES string of the molecule is Brc1cnc(NC2CCn3nccc3C2)nc1. The topological polar surface area (TPSA) is 55.6 Å². The van der Waals surface area contributed by atoms with Crippen LogP contribution in [-0.4, -0.2) is 25.8 Å². The molecule has 2 aromatic rings. The molecule has 1 N–H and O–H groups in total. The van der Waals surface area contributed by atoms with Gasteiger partial charge >= 0.3 is 0 Å². The number of halogens is 1. The number of aromatic nitrogens is 4. The molecule has 0 fully saturated rings. The molecule has 3 rings (SSSR count). The third kappa shape index (κ3) is 2.31. The van der Waals surface area contributed by atoms with E-state index in [2.05, 4.69) is 47.1 Å². The summed E-state index contributed by atoms with van der Waals surface area (Å²) in [6, 6.07) is 2.45. The number of rotatable bonds is 2. The molecule has 0 aliphatic carbocycles. The second kappa shape index (κ2) is 4.44. The quantitative estimate of drug-likeness (QED) is 0.918. The molecule has 0 saturated heterocycles. The Morgan fingerprint density at radius 1 is 1.35 bits per heavy atom. The van der Waals surface area contributed by atoms with Crippen molar-refractivity contribution >= 4 is 21.9 Å². The van der Waals surface area contributed by atoms with Gasteiger partial charge in [0, 0.05) is 43.3 Å². The lowest BCUT2D eigenvalue weighted by atomic mass is 10.0. The summed E-state index contributed by atoms with van der Waals surface area (Å²) in [4.78, 5) is 8.45. The molecule has 1 aliphatic rings. The maximum atomic E-state index is 4.26. The smallest absolute Gasteiger partial charge is 0.222 e. The van der Waals surface area contributed by atoms with Crippen LogP contribution in [0, 0.1) is 0 Å². The zero-order chi connectivity index (χ0) is 11.7. The van der Waals surface area contributed by atoms with Gasteiger partial charge in [0.05, 0.1) is 4.47 Å². The van der Waals surface area contributed by atoms with Crippen LogP contribution >= 0.6 is 15.9 Å². The number of nitrogens with zero attached hydrogens (tertiary/aromatic N) is 4. The fourth-order valence-electron chi connectivity index (χ4n) is 2.06. The highest BCUT2D eigenvalue weighted by Gasteiger charge is 2.19. The third-order valence-corrected chi connectivity index (χ3v) is 3.31. The van der Waals surface area contributed by atoms with Crippen LogP contribution in [0.25, 0.3) is 0 Å². The Bertz CT molecular complexity index is 507. The number of fused-ring (bicyclic) bond motifs is 1. The van der Waals surface area contributed by atoms with Crippen molar-refractivity contribution in [1.29, 1.82) is 0 Å². The van der Waals surface area contributed by atoms with Crippen molar-refractivity contribution in [3.8, 4) is 0 Å². The van der Waals surface area contributed by atoms with Crippen LogP contribution in [0.4, 0.5) is 5.95 Å². The van der Waals surface area contributed by atoms with Crippen LogP contribution in [0.2, 0.25) is 0 Å².